The van der Waals surface area contributed by atoms with Gasteiger partial charge in [0.1, 0.15) is 0 Å². The third kappa shape index (κ3) is 2.37. The number of anilines is 1. The number of para-hydroxylation sites is 1. The normalized spacial score (nSPS) is 19.1. The van der Waals surface area contributed by atoms with E-state index < -0.39 is 11.7 Å². The monoisotopic (exact) mass is 282 g/mol. The molecule has 0 bridgehead atoms. The molecule has 0 aliphatic carbocycles. The fourth-order valence-electron chi connectivity index (χ4n) is 2.99. The fraction of sp³-hybridized carbons (Fsp3) is 0.467. The third-order valence-corrected chi connectivity index (χ3v) is 3.92. The summed E-state index contributed by atoms with van der Waals surface area (Å²) in [6, 6.07) is 4.41. The van der Waals surface area contributed by atoms with Crippen molar-refractivity contribution in [3.8, 4) is 0 Å². The smallest absolute Gasteiger partial charge is 0.380 e. The van der Waals surface area contributed by atoms with Gasteiger partial charge in [-0.15, -0.1) is 0 Å². The van der Waals surface area contributed by atoms with Gasteiger partial charge < -0.3 is 10.2 Å². The van der Waals surface area contributed by atoms with Gasteiger partial charge in [0, 0.05) is 30.9 Å². The summed E-state index contributed by atoms with van der Waals surface area (Å²) in [5.74, 6) is 0. The van der Waals surface area contributed by atoms with Crippen LogP contribution in [0.3, 0.4) is 0 Å². The van der Waals surface area contributed by atoms with Crippen molar-refractivity contribution in [2.75, 3.05) is 25.0 Å². The van der Waals surface area contributed by atoms with Crippen LogP contribution in [0.1, 0.15) is 30.4 Å². The zero-order chi connectivity index (χ0) is 14.2. The van der Waals surface area contributed by atoms with E-state index in [1.807, 2.05) is 6.08 Å². The number of piperidine rings is 1. The first-order valence-corrected chi connectivity index (χ1v) is 6.97. The number of fused-ring (bicyclic) bond motifs is 1. The van der Waals surface area contributed by atoms with E-state index in [1.54, 1.807) is 6.07 Å². The maximum absolute atomic E-state index is 13.1. The number of benzene rings is 1. The largest absolute Gasteiger partial charge is 0.418 e. The molecule has 108 valence electrons. The Balaban J connectivity index is 2.01. The molecule has 1 N–H and O–H groups in total. The minimum absolute atomic E-state index is 0.225. The van der Waals surface area contributed by atoms with Crippen LogP contribution in [-0.4, -0.2) is 24.5 Å². The third-order valence-electron chi connectivity index (χ3n) is 3.92. The predicted octanol–water partition coefficient (Wildman–Crippen LogP) is 3.96. The molecule has 20 heavy (non-hydrogen) atoms. The second kappa shape index (κ2) is 5.04. The van der Waals surface area contributed by atoms with Crippen LogP contribution in [0.25, 0.3) is 5.70 Å². The molecule has 0 spiro atoms. The van der Waals surface area contributed by atoms with Crippen LogP contribution >= 0.6 is 0 Å². The molecule has 0 radical (unpaired) electrons. The van der Waals surface area contributed by atoms with Crippen molar-refractivity contribution in [3.05, 3.63) is 35.4 Å². The summed E-state index contributed by atoms with van der Waals surface area (Å²) >= 11 is 0. The molecule has 0 saturated carbocycles. The first-order chi connectivity index (χ1) is 9.57. The van der Waals surface area contributed by atoms with Gasteiger partial charge in [-0.1, -0.05) is 12.1 Å². The Kier molecular flexibility index (Phi) is 3.36. The van der Waals surface area contributed by atoms with Crippen LogP contribution in [0.5, 0.6) is 0 Å². The van der Waals surface area contributed by atoms with Crippen molar-refractivity contribution in [1.29, 1.82) is 0 Å². The van der Waals surface area contributed by atoms with Crippen molar-refractivity contribution in [1.82, 2.24) is 4.90 Å². The summed E-state index contributed by atoms with van der Waals surface area (Å²) in [5, 5.41) is 2.88. The summed E-state index contributed by atoms with van der Waals surface area (Å²) in [7, 11) is 0. The molecule has 2 aliphatic rings. The Morgan fingerprint density at radius 2 is 1.80 bits per heavy atom. The van der Waals surface area contributed by atoms with Gasteiger partial charge in [0.25, 0.3) is 0 Å². The molecule has 2 nitrogen and oxygen atoms in total. The molecular weight excluding hydrogens is 265 g/mol. The second-order valence-electron chi connectivity index (χ2n) is 5.24. The number of alkyl halides is 3. The first-order valence-electron chi connectivity index (χ1n) is 6.97. The van der Waals surface area contributed by atoms with Crippen LogP contribution in [0.15, 0.2) is 24.3 Å². The highest BCUT2D eigenvalue weighted by atomic mass is 19.4. The predicted molar refractivity (Wildman–Crippen MR) is 73.3 cm³/mol. The van der Waals surface area contributed by atoms with E-state index in [0.717, 1.165) is 37.7 Å². The van der Waals surface area contributed by atoms with Crippen LogP contribution in [0.2, 0.25) is 0 Å². The van der Waals surface area contributed by atoms with E-state index in [4.69, 9.17) is 0 Å². The summed E-state index contributed by atoms with van der Waals surface area (Å²) in [6.45, 7) is 2.31. The number of hydrogen-bond acceptors (Lipinski definition) is 2. The van der Waals surface area contributed by atoms with Crippen molar-refractivity contribution in [3.63, 3.8) is 0 Å². The van der Waals surface area contributed by atoms with Crippen LogP contribution < -0.4 is 5.32 Å². The molecule has 0 atom stereocenters. The molecule has 1 aromatic rings. The summed E-state index contributed by atoms with van der Waals surface area (Å²) in [6.07, 6.45) is 1.10. The summed E-state index contributed by atoms with van der Waals surface area (Å²) in [5.41, 5.74) is 1.28. The van der Waals surface area contributed by atoms with Gasteiger partial charge in [-0.25, -0.2) is 0 Å². The minimum Gasteiger partial charge on any atom is -0.380 e. The zero-order valence-electron chi connectivity index (χ0n) is 11.1. The van der Waals surface area contributed by atoms with Gasteiger partial charge in [-0.3, -0.25) is 0 Å². The lowest BCUT2D eigenvalue weighted by atomic mass is 9.98. The number of nitrogens with zero attached hydrogens (tertiary/aromatic N) is 1. The average molecular weight is 282 g/mol. The zero-order valence-corrected chi connectivity index (χ0v) is 11.1. The van der Waals surface area contributed by atoms with E-state index in [-0.39, 0.29) is 5.69 Å². The average Bonchev–Trinajstić information content (AvgIpc) is 2.46. The van der Waals surface area contributed by atoms with E-state index in [2.05, 4.69) is 10.2 Å². The summed E-state index contributed by atoms with van der Waals surface area (Å²) in [4.78, 5) is 2.21. The Labute approximate surface area is 116 Å². The molecule has 0 unspecified atom stereocenters. The lowest BCUT2D eigenvalue weighted by Gasteiger charge is -2.34. The van der Waals surface area contributed by atoms with Crippen molar-refractivity contribution >= 4 is 11.4 Å². The number of nitrogens with one attached hydrogen (secondary N) is 1. The van der Waals surface area contributed by atoms with Crippen molar-refractivity contribution in [2.45, 2.75) is 25.4 Å². The molecule has 0 amide bonds. The lowest BCUT2D eigenvalue weighted by Crippen LogP contribution is -2.30. The Morgan fingerprint density at radius 3 is 2.50 bits per heavy atom. The Morgan fingerprint density at radius 1 is 1.05 bits per heavy atom. The fourth-order valence-corrected chi connectivity index (χ4v) is 2.99. The van der Waals surface area contributed by atoms with Crippen LogP contribution in [0.4, 0.5) is 18.9 Å². The quantitative estimate of drug-likeness (QED) is 0.838. The lowest BCUT2D eigenvalue weighted by molar-refractivity contribution is -0.137. The maximum atomic E-state index is 13.1. The van der Waals surface area contributed by atoms with E-state index in [9.17, 15) is 13.2 Å². The van der Waals surface area contributed by atoms with Gasteiger partial charge in [0.2, 0.25) is 0 Å². The highest BCUT2D eigenvalue weighted by Crippen LogP contribution is 2.41. The molecule has 1 aromatic carbocycles. The van der Waals surface area contributed by atoms with E-state index in [0.29, 0.717) is 12.1 Å². The van der Waals surface area contributed by atoms with Crippen LogP contribution in [0, 0.1) is 0 Å². The molecule has 2 aliphatic heterocycles. The van der Waals surface area contributed by atoms with Crippen molar-refractivity contribution in [2.24, 2.45) is 0 Å². The van der Waals surface area contributed by atoms with Gasteiger partial charge in [-0.2, -0.15) is 13.2 Å². The number of likely N-dealkylation sites (tertiary alicyclic amines) is 1. The molecule has 1 saturated heterocycles. The second-order valence-corrected chi connectivity index (χ2v) is 5.24. The Bertz CT molecular complexity index is 528. The first kappa shape index (κ1) is 13.3. The molecule has 1 fully saturated rings. The van der Waals surface area contributed by atoms with Gasteiger partial charge >= 0.3 is 6.18 Å². The molecule has 0 aromatic heterocycles. The Hall–Kier alpha value is -1.65. The molecule has 2 heterocycles. The number of hydrogen-bond donors (Lipinski definition) is 1. The standard InChI is InChI=1S/C15H17F3N2/c16-15(17,18)12-6-4-5-11-13(7-8-19-14(11)12)20-9-2-1-3-10-20/h4-7,19H,1-3,8-10H2. The van der Waals surface area contributed by atoms with E-state index in [1.165, 1.54) is 12.5 Å². The van der Waals surface area contributed by atoms with Gasteiger partial charge in [0.05, 0.1) is 11.3 Å². The molecular formula is C15H17F3N2. The highest BCUT2D eigenvalue weighted by molar-refractivity contribution is 5.80. The number of rotatable bonds is 1. The van der Waals surface area contributed by atoms with Crippen LogP contribution in [-0.2, 0) is 6.18 Å². The van der Waals surface area contributed by atoms with Gasteiger partial charge in [-0.05, 0) is 31.4 Å². The maximum Gasteiger partial charge on any atom is 0.418 e. The van der Waals surface area contributed by atoms with Crippen molar-refractivity contribution < 1.29 is 13.2 Å². The molecule has 3 rings (SSSR count). The highest BCUT2D eigenvalue weighted by Gasteiger charge is 2.35. The SMILES string of the molecule is FC(F)(F)c1cccc2c1NCC=C2N1CCCCC1. The van der Waals surface area contributed by atoms with E-state index >= 15 is 0 Å². The topological polar surface area (TPSA) is 15.3 Å². The molecule has 5 heteroatoms. The summed E-state index contributed by atoms with van der Waals surface area (Å²) < 4.78 is 39.2. The minimum atomic E-state index is -4.32. The number of halogens is 3. The van der Waals surface area contributed by atoms with Gasteiger partial charge in [0.15, 0.2) is 0 Å².